The maximum Gasteiger partial charge on any atom is 0.273 e. The fourth-order valence-electron chi connectivity index (χ4n) is 3.10. The Morgan fingerprint density at radius 1 is 1.27 bits per heavy atom. The zero-order valence-electron chi connectivity index (χ0n) is 18.8. The number of hydrogen-bond acceptors (Lipinski definition) is 7. The maximum atomic E-state index is 13.5. The molecule has 0 bridgehead atoms. The molecule has 176 valence electrons. The fourth-order valence-corrected chi connectivity index (χ4v) is 3.21. The smallest absolute Gasteiger partial charge is 0.273 e. The monoisotopic (exact) mass is 472 g/mol. The highest BCUT2D eigenvalue weighted by Crippen LogP contribution is 2.22. The first kappa shape index (κ1) is 25.8. The van der Waals surface area contributed by atoms with Gasteiger partial charge in [-0.1, -0.05) is 23.7 Å². The van der Waals surface area contributed by atoms with Crippen molar-refractivity contribution < 1.29 is 14.3 Å². The number of rotatable bonds is 13. The number of aromatic nitrogens is 1. The van der Waals surface area contributed by atoms with E-state index in [0.717, 1.165) is 5.56 Å². The minimum Gasteiger partial charge on any atom is -0.497 e. The molecule has 1 aromatic heterocycles. The molecule has 0 aliphatic heterocycles. The minimum atomic E-state index is -0.331. The van der Waals surface area contributed by atoms with Crippen molar-refractivity contribution >= 4 is 30.6 Å². The van der Waals surface area contributed by atoms with E-state index < -0.39 is 0 Å². The van der Waals surface area contributed by atoms with Crippen molar-refractivity contribution in [3.05, 3.63) is 70.4 Å². The first-order valence-electron chi connectivity index (χ1n) is 10.3. The number of likely N-dealkylation sites (N-methyl/N-ethyl adjacent to an activating group) is 1. The summed E-state index contributed by atoms with van der Waals surface area (Å²) in [7, 11) is 3.27. The van der Waals surface area contributed by atoms with Crippen LogP contribution < -0.4 is 15.8 Å². The van der Waals surface area contributed by atoms with E-state index in [9.17, 15) is 9.59 Å². The second-order valence-corrected chi connectivity index (χ2v) is 7.59. The Kier molecular flexibility index (Phi) is 10.3. The van der Waals surface area contributed by atoms with Gasteiger partial charge in [0.15, 0.2) is 5.82 Å². The van der Waals surface area contributed by atoms with Crippen LogP contribution in [0.25, 0.3) is 0 Å². The van der Waals surface area contributed by atoms with Crippen molar-refractivity contribution in [3.8, 4) is 5.75 Å². The Balaban J connectivity index is 2.53. The number of nitrogens with two attached hydrogens (primary N) is 1. The summed E-state index contributed by atoms with van der Waals surface area (Å²) in [5, 5.41) is 3.00. The van der Waals surface area contributed by atoms with Gasteiger partial charge >= 0.3 is 0 Å². The highest BCUT2D eigenvalue weighted by atomic mass is 35.5. The first-order chi connectivity index (χ1) is 15.9. The lowest BCUT2D eigenvalue weighted by Gasteiger charge is -2.30. The van der Waals surface area contributed by atoms with Gasteiger partial charge in [-0.15, -0.1) is 0 Å². The van der Waals surface area contributed by atoms with E-state index in [1.54, 1.807) is 31.2 Å². The number of pyridine rings is 1. The lowest BCUT2D eigenvalue weighted by atomic mass is 10.1. The van der Waals surface area contributed by atoms with Crippen molar-refractivity contribution in [2.24, 2.45) is 10.7 Å². The van der Waals surface area contributed by atoms with Crippen molar-refractivity contribution in [1.82, 2.24) is 20.1 Å². The van der Waals surface area contributed by atoms with Crippen LogP contribution in [0.4, 0.5) is 0 Å². The lowest BCUT2D eigenvalue weighted by molar-refractivity contribution is -0.127. The number of hydrogen-bond donors (Lipinski definition) is 2. The minimum absolute atomic E-state index is 0.0528. The molecule has 0 saturated heterocycles. The average Bonchev–Trinajstić information content (AvgIpc) is 2.83. The van der Waals surface area contributed by atoms with Crippen LogP contribution in [0.1, 0.15) is 17.7 Å². The van der Waals surface area contributed by atoms with Crippen LogP contribution in [0.2, 0.25) is 5.02 Å². The van der Waals surface area contributed by atoms with Crippen molar-refractivity contribution in [2.45, 2.75) is 19.5 Å². The van der Waals surface area contributed by atoms with Gasteiger partial charge in [-0.05, 0) is 49.5 Å². The molecule has 0 unspecified atom stereocenters. The summed E-state index contributed by atoms with van der Waals surface area (Å²) in [6.45, 7) is 5.02. The van der Waals surface area contributed by atoms with E-state index in [4.69, 9.17) is 22.1 Å². The van der Waals surface area contributed by atoms with Gasteiger partial charge in [-0.2, -0.15) is 0 Å². The number of aliphatic imine (C=N–C) groups is 1. The van der Waals surface area contributed by atoms with Crippen LogP contribution in [0.5, 0.6) is 5.75 Å². The summed E-state index contributed by atoms with van der Waals surface area (Å²) in [6, 6.07) is 11.0. The Morgan fingerprint density at radius 3 is 2.55 bits per heavy atom. The highest BCUT2D eigenvalue weighted by molar-refractivity contribution is 6.30. The van der Waals surface area contributed by atoms with Gasteiger partial charge in [0.25, 0.3) is 5.91 Å². The number of carbonyl (C=O) groups is 2. The molecule has 1 aromatic carbocycles. The molecule has 2 amide bonds. The molecule has 2 rings (SSSR count). The molecule has 10 heteroatoms. The zero-order chi connectivity index (χ0) is 24.2. The van der Waals surface area contributed by atoms with Crippen molar-refractivity contribution in [2.75, 3.05) is 27.2 Å². The number of halogens is 1. The molecule has 2 aromatic rings. The van der Waals surface area contributed by atoms with Crippen molar-refractivity contribution in [1.29, 1.82) is 0 Å². The lowest BCUT2D eigenvalue weighted by Crippen LogP contribution is -2.39. The molecule has 0 fully saturated rings. The Hall–Kier alpha value is -3.43. The fraction of sp³-hybridized carbons (Fsp3) is 0.304. The van der Waals surface area contributed by atoms with E-state index in [1.807, 2.05) is 24.3 Å². The molecule has 0 aliphatic carbocycles. The van der Waals surface area contributed by atoms with E-state index in [-0.39, 0.29) is 24.0 Å². The summed E-state index contributed by atoms with van der Waals surface area (Å²) < 4.78 is 5.23. The van der Waals surface area contributed by atoms with E-state index >= 15 is 0 Å². The Bertz CT molecular complexity index is 963. The van der Waals surface area contributed by atoms with Crippen LogP contribution in [-0.4, -0.2) is 61.1 Å². The number of amides is 2. The number of ether oxygens (including phenoxy) is 1. The van der Waals surface area contributed by atoms with E-state index in [2.05, 4.69) is 22.0 Å². The number of nitrogens with zero attached hydrogens (tertiary/aromatic N) is 4. The third-order valence-corrected chi connectivity index (χ3v) is 5.04. The molecular formula is C23H29ClN6O3. The molecular weight excluding hydrogens is 444 g/mol. The molecule has 0 saturated carbocycles. The van der Waals surface area contributed by atoms with Gasteiger partial charge in [-0.25, -0.2) is 4.99 Å². The van der Waals surface area contributed by atoms with Crippen LogP contribution in [0.15, 0.2) is 59.1 Å². The summed E-state index contributed by atoms with van der Waals surface area (Å²) in [6.07, 6.45) is 2.63. The molecule has 0 aliphatic rings. The van der Waals surface area contributed by atoms with Gasteiger partial charge < -0.3 is 25.6 Å². The second kappa shape index (κ2) is 13.2. The Labute approximate surface area is 198 Å². The third-order valence-electron chi connectivity index (χ3n) is 4.82. The van der Waals surface area contributed by atoms with Crippen LogP contribution in [0, 0.1) is 0 Å². The van der Waals surface area contributed by atoms with Gasteiger partial charge in [0.2, 0.25) is 6.41 Å². The highest BCUT2D eigenvalue weighted by Gasteiger charge is 2.26. The SMILES string of the molecule is C=N/C(NC=O)=C(/C(=O)N(C)CCCN)N(Cc1ccc(OC)cc1)Cc1ccc(Cl)cn1. The topological polar surface area (TPSA) is 113 Å². The predicted molar refractivity (Wildman–Crippen MR) is 129 cm³/mol. The molecule has 0 atom stereocenters. The molecule has 0 spiro atoms. The summed E-state index contributed by atoms with van der Waals surface area (Å²) in [5.41, 5.74) is 7.38. The van der Waals surface area contributed by atoms with Crippen LogP contribution >= 0.6 is 11.6 Å². The third kappa shape index (κ3) is 7.58. The van der Waals surface area contributed by atoms with Gasteiger partial charge in [0, 0.05) is 26.3 Å². The average molecular weight is 473 g/mol. The van der Waals surface area contributed by atoms with Gasteiger partial charge in [0.05, 0.1) is 24.4 Å². The van der Waals surface area contributed by atoms with Crippen LogP contribution in [0.3, 0.4) is 0 Å². The van der Waals surface area contributed by atoms with Gasteiger partial charge in [-0.3, -0.25) is 14.6 Å². The summed E-state index contributed by atoms with van der Waals surface area (Å²) in [4.78, 5) is 36.3. The number of methoxy groups -OCH3 is 1. The second-order valence-electron chi connectivity index (χ2n) is 7.16. The normalized spacial score (nSPS) is 11.3. The van der Waals surface area contributed by atoms with Gasteiger partial charge in [0.1, 0.15) is 11.4 Å². The number of carbonyl (C=O) groups excluding carboxylic acids is 2. The molecule has 9 nitrogen and oxygen atoms in total. The number of benzene rings is 1. The number of nitrogens with one attached hydrogen (secondary N) is 1. The van der Waals surface area contributed by atoms with Crippen LogP contribution in [-0.2, 0) is 22.7 Å². The predicted octanol–water partition coefficient (Wildman–Crippen LogP) is 2.17. The van der Waals surface area contributed by atoms with Crippen molar-refractivity contribution in [3.63, 3.8) is 0 Å². The summed E-state index contributed by atoms with van der Waals surface area (Å²) >= 11 is 5.98. The largest absolute Gasteiger partial charge is 0.497 e. The Morgan fingerprint density at radius 2 is 2.00 bits per heavy atom. The molecule has 0 radical (unpaired) electrons. The van der Waals surface area contributed by atoms with E-state index in [1.165, 1.54) is 11.1 Å². The standard InChI is InChI=1S/C23H29ClN6O3/c1-26-22(28-16-31)21(23(32)29(2)12-4-11-25)30(15-19-8-7-18(24)13-27-19)14-17-5-9-20(33-3)10-6-17/h5-10,13,16H,1,4,11-12,14-15,25H2,2-3H3,(H,28,31)/b22-21+. The molecule has 1 heterocycles. The first-order valence-corrected chi connectivity index (χ1v) is 10.7. The zero-order valence-corrected chi connectivity index (χ0v) is 19.6. The molecule has 3 N–H and O–H groups in total. The quantitative estimate of drug-likeness (QED) is 0.262. The van der Waals surface area contributed by atoms with E-state index in [0.29, 0.717) is 48.9 Å². The molecule has 33 heavy (non-hydrogen) atoms. The maximum absolute atomic E-state index is 13.5. The summed E-state index contributed by atoms with van der Waals surface area (Å²) in [5.74, 6) is 0.439.